The van der Waals surface area contributed by atoms with Crippen molar-refractivity contribution < 1.29 is 24.1 Å². The molecule has 2 aliphatic heterocycles. The van der Waals surface area contributed by atoms with Crippen LogP contribution in [-0.4, -0.2) is 51.7 Å². The summed E-state index contributed by atoms with van der Waals surface area (Å²) in [6.45, 7) is 7.81. The molecule has 1 unspecified atom stereocenters. The molecule has 0 bridgehead atoms. The van der Waals surface area contributed by atoms with Crippen molar-refractivity contribution in [3.8, 4) is 28.4 Å². The van der Waals surface area contributed by atoms with Crippen molar-refractivity contribution in [3.05, 3.63) is 148 Å². The number of methoxy groups -OCH3 is 1. The molecule has 6 nitrogen and oxygen atoms in total. The molecular formula is C56H59NO5S. The zero-order valence-corrected chi connectivity index (χ0v) is 37.8. The molecule has 2 fully saturated rings. The third-order valence-electron chi connectivity index (χ3n) is 14.2. The maximum atomic E-state index is 9.52. The Morgan fingerprint density at radius 2 is 1.41 bits per heavy atom. The highest BCUT2D eigenvalue weighted by atomic mass is 32.2. The number of ether oxygens (including phenoxy) is 4. The van der Waals surface area contributed by atoms with Crippen LogP contribution < -0.4 is 19.1 Å². The first-order valence-electron chi connectivity index (χ1n) is 23.2. The van der Waals surface area contributed by atoms with Gasteiger partial charge >= 0.3 is 0 Å². The quantitative estimate of drug-likeness (QED) is 0.155. The van der Waals surface area contributed by atoms with Gasteiger partial charge in [-0.15, -0.1) is 0 Å². The Morgan fingerprint density at radius 1 is 0.746 bits per heavy atom. The number of fused-ring (bicyclic) bond motifs is 10. The van der Waals surface area contributed by atoms with Crippen LogP contribution >= 0.6 is 11.8 Å². The van der Waals surface area contributed by atoms with E-state index in [-0.39, 0.29) is 18.6 Å². The van der Waals surface area contributed by atoms with E-state index in [0.717, 1.165) is 72.1 Å². The molecule has 1 atom stereocenters. The van der Waals surface area contributed by atoms with Gasteiger partial charge in [-0.3, -0.25) is 0 Å². The van der Waals surface area contributed by atoms with Crippen LogP contribution in [0.4, 0.5) is 5.69 Å². The number of aliphatic hydroxyl groups excluding tert-OH is 1. The van der Waals surface area contributed by atoms with Crippen molar-refractivity contribution in [1.29, 1.82) is 0 Å². The van der Waals surface area contributed by atoms with E-state index in [9.17, 15) is 5.11 Å². The Balaban J connectivity index is 1.23. The number of hydrogen-bond donors (Lipinski definition) is 1. The second-order valence-electron chi connectivity index (χ2n) is 17.9. The zero-order valence-electron chi connectivity index (χ0n) is 37.0. The molecular weight excluding hydrogens is 799 g/mol. The molecule has 7 heteroatoms. The average molecular weight is 858 g/mol. The van der Waals surface area contributed by atoms with E-state index in [4.69, 9.17) is 18.9 Å². The summed E-state index contributed by atoms with van der Waals surface area (Å²) in [6, 6.07) is 37.7. The Kier molecular flexibility index (Phi) is 11.8. The van der Waals surface area contributed by atoms with Gasteiger partial charge in [-0.05, 0) is 108 Å². The number of nitrogens with zero attached hydrogens (tertiary/aromatic N) is 1. The summed E-state index contributed by atoms with van der Waals surface area (Å²) in [7, 11) is 1.79. The molecule has 6 aromatic rings. The van der Waals surface area contributed by atoms with Crippen LogP contribution in [0.3, 0.4) is 0 Å². The largest absolute Gasteiger partial charge is 0.496 e. The predicted octanol–water partition coefficient (Wildman–Crippen LogP) is 13.0. The smallest absolute Gasteiger partial charge is 0.178 e. The fourth-order valence-electron chi connectivity index (χ4n) is 11.0. The van der Waals surface area contributed by atoms with Gasteiger partial charge in [0.05, 0.1) is 31.8 Å². The topological polar surface area (TPSA) is 60.4 Å². The highest BCUT2D eigenvalue weighted by Gasteiger charge is 2.48. The van der Waals surface area contributed by atoms with E-state index >= 15 is 0 Å². The van der Waals surface area contributed by atoms with E-state index < -0.39 is 5.60 Å². The zero-order chi connectivity index (χ0) is 43.0. The summed E-state index contributed by atoms with van der Waals surface area (Å²) < 4.78 is 25.8. The second kappa shape index (κ2) is 17.8. The lowest BCUT2D eigenvalue weighted by molar-refractivity contribution is 0.122. The van der Waals surface area contributed by atoms with Crippen LogP contribution in [0.25, 0.3) is 28.0 Å². The molecule has 2 heterocycles. The molecule has 1 saturated heterocycles. The van der Waals surface area contributed by atoms with E-state index in [1.807, 2.05) is 12.1 Å². The Morgan fingerprint density at radius 3 is 2.10 bits per heavy atom. The van der Waals surface area contributed by atoms with Gasteiger partial charge in [0.2, 0.25) is 0 Å². The minimum atomic E-state index is -0.957. The van der Waals surface area contributed by atoms with Crippen LogP contribution in [0.5, 0.6) is 17.2 Å². The van der Waals surface area contributed by atoms with Crippen molar-refractivity contribution >= 4 is 34.3 Å². The van der Waals surface area contributed by atoms with Crippen molar-refractivity contribution in [2.45, 2.75) is 92.4 Å². The molecule has 324 valence electrons. The van der Waals surface area contributed by atoms with E-state index in [2.05, 4.69) is 122 Å². The number of morpholine rings is 1. The minimum absolute atomic E-state index is 0.0409. The monoisotopic (exact) mass is 857 g/mol. The highest BCUT2D eigenvalue weighted by molar-refractivity contribution is 7.99. The van der Waals surface area contributed by atoms with Gasteiger partial charge in [-0.2, -0.15) is 0 Å². The summed E-state index contributed by atoms with van der Waals surface area (Å²) in [6.07, 6.45) is 15.8. The van der Waals surface area contributed by atoms with Crippen molar-refractivity contribution in [1.82, 2.24) is 0 Å². The summed E-state index contributed by atoms with van der Waals surface area (Å²) in [5, 5.41) is 11.8. The number of rotatable bonds is 9. The summed E-state index contributed by atoms with van der Waals surface area (Å²) in [4.78, 5) is 4.76. The maximum Gasteiger partial charge on any atom is 0.178 e. The number of hydrogen-bond acceptors (Lipinski definition) is 7. The predicted molar refractivity (Wildman–Crippen MR) is 257 cm³/mol. The van der Waals surface area contributed by atoms with Crippen LogP contribution in [0.15, 0.2) is 119 Å². The molecule has 1 spiro atoms. The van der Waals surface area contributed by atoms with Crippen LogP contribution in [0, 0.1) is 13.8 Å². The van der Waals surface area contributed by atoms with Gasteiger partial charge in [0.25, 0.3) is 0 Å². The summed E-state index contributed by atoms with van der Waals surface area (Å²) >= 11 is 1.80. The van der Waals surface area contributed by atoms with Crippen molar-refractivity contribution in [3.63, 3.8) is 0 Å². The van der Waals surface area contributed by atoms with Crippen LogP contribution in [-0.2, 0) is 15.8 Å². The maximum absolute atomic E-state index is 9.52. The Bertz CT molecular complexity index is 2620. The van der Waals surface area contributed by atoms with Gasteiger partial charge in [0.1, 0.15) is 23.9 Å². The molecule has 1 saturated carbocycles. The molecule has 0 aromatic heterocycles. The molecule has 0 amide bonds. The number of aryl methyl sites for hydroxylation is 2. The van der Waals surface area contributed by atoms with E-state index in [1.54, 1.807) is 18.9 Å². The fraction of sp³-hybridized carbons (Fsp3) is 0.357. The van der Waals surface area contributed by atoms with Crippen molar-refractivity contribution in [2.24, 2.45) is 0 Å². The number of anilines is 1. The first-order valence-corrected chi connectivity index (χ1v) is 24.0. The second-order valence-corrected chi connectivity index (χ2v) is 18.9. The highest BCUT2D eigenvalue weighted by Crippen LogP contribution is 2.62. The lowest BCUT2D eigenvalue weighted by Gasteiger charge is -2.40. The van der Waals surface area contributed by atoms with Gasteiger partial charge in [0, 0.05) is 51.2 Å². The molecule has 63 heavy (non-hydrogen) atoms. The fourth-order valence-corrected chi connectivity index (χ4v) is 12.1. The standard InChI is InChI=1S/C56H59NO5S/c1-38-14-13-15-39(2)54(38)63-50-37-46-47(36-49(50)59-3)53-45(52-51(46)44-16-9-10-17-48(44)55(52)27-11-7-5-4-6-8-12-28-55)26-29-56(62-53,41-20-24-43(25-21-41)61-35-32-58)40-18-22-42(23-19-40)57-30-33-60-34-31-57/h9-10,13-26,29,36-37,58H,4-8,11-12,27-28,30-35H2,1-3H3. The normalized spacial score (nSPS) is 19.3. The molecule has 1 N–H and O–H groups in total. The van der Waals surface area contributed by atoms with Crippen molar-refractivity contribution in [2.75, 3.05) is 51.5 Å². The lowest BCUT2D eigenvalue weighted by atomic mass is 9.68. The first kappa shape index (κ1) is 41.8. The Hall–Kier alpha value is -5.21. The van der Waals surface area contributed by atoms with Crippen LogP contribution in [0.1, 0.15) is 96.7 Å². The molecule has 2 aliphatic carbocycles. The van der Waals surface area contributed by atoms with Gasteiger partial charge in [-0.25, -0.2) is 0 Å². The number of aliphatic hydroxyl groups is 1. The molecule has 10 rings (SSSR count). The van der Waals surface area contributed by atoms with Gasteiger partial charge in [-0.1, -0.05) is 130 Å². The van der Waals surface area contributed by atoms with Gasteiger partial charge < -0.3 is 29.0 Å². The molecule has 4 aliphatic rings. The SMILES string of the molecule is COc1cc2c3c(c4c(c2cc1Sc1c(C)cccc1C)-c1ccccc1C41CCCCCCCCC1)C=CC(c1ccc(OCCO)cc1)(c1ccc(N2CCOCC2)cc1)O3. The van der Waals surface area contributed by atoms with Gasteiger partial charge in [0.15, 0.2) is 5.60 Å². The average Bonchev–Trinajstić information content (AvgIpc) is 3.61. The number of benzene rings is 6. The molecule has 6 aromatic carbocycles. The minimum Gasteiger partial charge on any atom is -0.496 e. The molecule has 0 radical (unpaired) electrons. The third-order valence-corrected chi connectivity index (χ3v) is 15.6. The first-order chi connectivity index (χ1) is 30.9. The lowest BCUT2D eigenvalue weighted by Crippen LogP contribution is -2.37. The van der Waals surface area contributed by atoms with E-state index in [1.165, 1.54) is 99.9 Å². The Labute approximate surface area is 377 Å². The summed E-state index contributed by atoms with van der Waals surface area (Å²) in [5.41, 5.74) is 11.4. The third kappa shape index (κ3) is 7.50. The van der Waals surface area contributed by atoms with Crippen LogP contribution in [0.2, 0.25) is 0 Å². The van der Waals surface area contributed by atoms with E-state index in [0.29, 0.717) is 5.75 Å². The summed E-state index contributed by atoms with van der Waals surface area (Å²) in [5.74, 6) is 2.44.